The lowest BCUT2D eigenvalue weighted by molar-refractivity contribution is 0.203. The average Bonchev–Trinajstić information content (AvgIpc) is 3.33. The zero-order chi connectivity index (χ0) is 19.0. The van der Waals surface area contributed by atoms with Gasteiger partial charge in [-0.25, -0.2) is 0 Å². The molecule has 9 heteroatoms. The Morgan fingerprint density at radius 3 is 2.81 bits per heavy atom. The summed E-state index contributed by atoms with van der Waals surface area (Å²) in [5.74, 6) is 1.54. The highest BCUT2D eigenvalue weighted by atomic mass is 16.4. The summed E-state index contributed by atoms with van der Waals surface area (Å²) in [7, 11) is 1.82. The van der Waals surface area contributed by atoms with Crippen molar-refractivity contribution in [2.45, 2.75) is 51.9 Å². The summed E-state index contributed by atoms with van der Waals surface area (Å²) >= 11 is 0. The summed E-state index contributed by atoms with van der Waals surface area (Å²) in [6.45, 7) is 7.18. The van der Waals surface area contributed by atoms with Gasteiger partial charge in [0.25, 0.3) is 0 Å². The van der Waals surface area contributed by atoms with E-state index in [2.05, 4.69) is 25.3 Å². The van der Waals surface area contributed by atoms with Crippen LogP contribution < -0.4 is 0 Å². The summed E-state index contributed by atoms with van der Waals surface area (Å²) in [6.07, 6.45) is 1.87. The number of hydrogen-bond acceptors (Lipinski definition) is 7. The molecule has 0 radical (unpaired) electrons. The van der Waals surface area contributed by atoms with Crippen molar-refractivity contribution in [3.63, 3.8) is 0 Å². The molecular weight excluding hydrogens is 346 g/mol. The van der Waals surface area contributed by atoms with Crippen LogP contribution in [0.1, 0.15) is 61.2 Å². The Morgan fingerprint density at radius 2 is 2.11 bits per heavy atom. The van der Waals surface area contributed by atoms with Gasteiger partial charge in [-0.2, -0.15) is 10.2 Å². The second-order valence-electron chi connectivity index (χ2n) is 7.32. The van der Waals surface area contributed by atoms with Crippen molar-refractivity contribution >= 4 is 0 Å². The molecule has 1 atom stereocenters. The van der Waals surface area contributed by atoms with Gasteiger partial charge in [-0.1, -0.05) is 13.8 Å². The zero-order valence-electron chi connectivity index (χ0n) is 15.9. The van der Waals surface area contributed by atoms with Gasteiger partial charge < -0.3 is 9.52 Å². The third kappa shape index (κ3) is 3.65. The van der Waals surface area contributed by atoms with Crippen LogP contribution in [0.15, 0.2) is 22.7 Å². The first-order valence-electron chi connectivity index (χ1n) is 9.28. The van der Waals surface area contributed by atoms with Crippen LogP contribution in [0.5, 0.6) is 0 Å². The number of hydrogen-bond donors (Lipinski definition) is 1. The standard InChI is InChI=1S/C18H25N7O2/c1-12(2)18-21-20-16(27-18)11-24-7-4-8-25-13(10-24)9-14(22-25)17(26)15-5-6-19-23(15)3/h5-6,9,12,17,26H,4,7-8,10-11H2,1-3H3/t17-/m1/s1. The van der Waals surface area contributed by atoms with Crippen molar-refractivity contribution in [2.75, 3.05) is 6.54 Å². The molecule has 0 amide bonds. The molecule has 0 fully saturated rings. The monoisotopic (exact) mass is 371 g/mol. The van der Waals surface area contributed by atoms with Crippen molar-refractivity contribution in [3.8, 4) is 0 Å². The van der Waals surface area contributed by atoms with Gasteiger partial charge in [0, 0.05) is 38.8 Å². The number of aliphatic hydroxyl groups excluding tert-OH is 1. The van der Waals surface area contributed by atoms with Crippen LogP contribution in [0.4, 0.5) is 0 Å². The lowest BCUT2D eigenvalue weighted by Crippen LogP contribution is -2.23. The molecule has 0 saturated heterocycles. The van der Waals surface area contributed by atoms with Crippen LogP contribution in [0.3, 0.4) is 0 Å². The third-order valence-corrected chi connectivity index (χ3v) is 4.87. The number of fused-ring (bicyclic) bond motifs is 1. The summed E-state index contributed by atoms with van der Waals surface area (Å²) < 4.78 is 9.40. The SMILES string of the molecule is CC(C)c1nnc(CN2CCCn3nc([C@@H](O)c4ccnn4C)cc3C2)o1. The van der Waals surface area contributed by atoms with E-state index in [4.69, 9.17) is 4.42 Å². The quantitative estimate of drug-likeness (QED) is 0.727. The third-order valence-electron chi connectivity index (χ3n) is 4.87. The van der Waals surface area contributed by atoms with Crippen LogP contribution in [-0.2, 0) is 26.7 Å². The fraction of sp³-hybridized carbons (Fsp3) is 0.556. The molecule has 3 aromatic heterocycles. The topological polar surface area (TPSA) is 98.0 Å². The molecule has 0 saturated carbocycles. The Kier molecular flexibility index (Phi) is 4.79. The van der Waals surface area contributed by atoms with E-state index in [0.717, 1.165) is 37.4 Å². The van der Waals surface area contributed by atoms with Gasteiger partial charge in [0.15, 0.2) is 0 Å². The molecule has 0 unspecified atom stereocenters. The first-order chi connectivity index (χ1) is 13.0. The Hall–Kier alpha value is -2.52. The predicted molar refractivity (Wildman–Crippen MR) is 96.6 cm³/mol. The van der Waals surface area contributed by atoms with Crippen molar-refractivity contribution in [1.29, 1.82) is 0 Å². The van der Waals surface area contributed by atoms with E-state index in [0.29, 0.717) is 24.0 Å². The minimum Gasteiger partial charge on any atom is -0.424 e. The van der Waals surface area contributed by atoms with Crippen molar-refractivity contribution in [2.24, 2.45) is 7.05 Å². The predicted octanol–water partition coefficient (Wildman–Crippen LogP) is 1.61. The van der Waals surface area contributed by atoms with Crippen molar-refractivity contribution in [1.82, 2.24) is 34.7 Å². The highest BCUT2D eigenvalue weighted by molar-refractivity contribution is 5.21. The largest absolute Gasteiger partial charge is 0.424 e. The summed E-state index contributed by atoms with van der Waals surface area (Å²) in [4.78, 5) is 2.28. The number of rotatable bonds is 5. The summed E-state index contributed by atoms with van der Waals surface area (Å²) in [6, 6.07) is 3.78. The van der Waals surface area contributed by atoms with Gasteiger partial charge in [-0.15, -0.1) is 10.2 Å². The maximum atomic E-state index is 10.7. The van der Waals surface area contributed by atoms with Crippen LogP contribution in [0.2, 0.25) is 0 Å². The molecule has 0 aromatic carbocycles. The lowest BCUT2D eigenvalue weighted by Gasteiger charge is -2.16. The van der Waals surface area contributed by atoms with Gasteiger partial charge in [0.2, 0.25) is 11.8 Å². The molecular formula is C18H25N7O2. The van der Waals surface area contributed by atoms with Crippen molar-refractivity contribution in [3.05, 3.63) is 47.2 Å². The molecule has 1 aliphatic rings. The molecule has 0 bridgehead atoms. The van der Waals surface area contributed by atoms with Gasteiger partial charge >= 0.3 is 0 Å². The summed E-state index contributed by atoms with van der Waals surface area (Å²) in [5, 5.41) is 27.7. The smallest absolute Gasteiger partial charge is 0.230 e. The molecule has 0 spiro atoms. The Morgan fingerprint density at radius 1 is 1.26 bits per heavy atom. The molecule has 3 aromatic rings. The maximum absolute atomic E-state index is 10.7. The van der Waals surface area contributed by atoms with Crippen LogP contribution in [0.25, 0.3) is 0 Å². The molecule has 4 heterocycles. The van der Waals surface area contributed by atoms with E-state index in [9.17, 15) is 5.11 Å². The fourth-order valence-corrected chi connectivity index (χ4v) is 3.38. The number of nitrogens with zero attached hydrogens (tertiary/aromatic N) is 7. The molecule has 9 nitrogen and oxygen atoms in total. The summed E-state index contributed by atoms with van der Waals surface area (Å²) in [5.41, 5.74) is 2.45. The highest BCUT2D eigenvalue weighted by Crippen LogP contribution is 2.24. The van der Waals surface area contributed by atoms with E-state index in [1.54, 1.807) is 10.9 Å². The van der Waals surface area contributed by atoms with Crippen LogP contribution in [0, 0.1) is 0 Å². The van der Waals surface area contributed by atoms with Gasteiger partial charge in [-0.3, -0.25) is 14.3 Å². The van der Waals surface area contributed by atoms with Gasteiger partial charge in [-0.05, 0) is 18.6 Å². The van der Waals surface area contributed by atoms with E-state index >= 15 is 0 Å². The van der Waals surface area contributed by atoms with Crippen LogP contribution >= 0.6 is 0 Å². The molecule has 27 heavy (non-hydrogen) atoms. The second kappa shape index (κ2) is 7.24. The van der Waals surface area contributed by atoms with E-state index < -0.39 is 6.10 Å². The molecule has 144 valence electrons. The normalized spacial score (nSPS) is 16.5. The molecule has 1 N–H and O–H groups in total. The minimum atomic E-state index is -0.782. The van der Waals surface area contributed by atoms with Gasteiger partial charge in [0.1, 0.15) is 6.10 Å². The maximum Gasteiger partial charge on any atom is 0.230 e. The highest BCUT2D eigenvalue weighted by Gasteiger charge is 2.23. The first kappa shape index (κ1) is 17.9. The van der Waals surface area contributed by atoms with E-state index in [1.807, 2.05) is 37.7 Å². The number of aryl methyl sites for hydroxylation is 2. The number of aliphatic hydroxyl groups is 1. The molecule has 1 aliphatic heterocycles. The first-order valence-corrected chi connectivity index (χ1v) is 9.28. The minimum absolute atomic E-state index is 0.230. The Balaban J connectivity index is 1.50. The van der Waals surface area contributed by atoms with Gasteiger partial charge in [0.05, 0.1) is 23.6 Å². The van der Waals surface area contributed by atoms with E-state index in [1.165, 1.54) is 0 Å². The molecule has 0 aliphatic carbocycles. The average molecular weight is 371 g/mol. The number of aromatic nitrogens is 6. The fourth-order valence-electron chi connectivity index (χ4n) is 3.38. The lowest BCUT2D eigenvalue weighted by atomic mass is 10.2. The van der Waals surface area contributed by atoms with E-state index in [-0.39, 0.29) is 5.92 Å². The molecule has 4 rings (SSSR count). The second-order valence-corrected chi connectivity index (χ2v) is 7.32. The van der Waals surface area contributed by atoms with Crippen LogP contribution in [-0.4, -0.2) is 46.3 Å². The Bertz CT molecular complexity index is 911. The zero-order valence-corrected chi connectivity index (χ0v) is 15.9. The van der Waals surface area contributed by atoms with Crippen molar-refractivity contribution < 1.29 is 9.52 Å². The Labute approximate surface area is 157 Å².